The van der Waals surface area contributed by atoms with Gasteiger partial charge in [0.1, 0.15) is 18.0 Å². The van der Waals surface area contributed by atoms with E-state index in [1.807, 2.05) is 45.9 Å². The zero-order chi connectivity index (χ0) is 32.0. The van der Waals surface area contributed by atoms with Gasteiger partial charge in [-0.25, -0.2) is 4.79 Å². The van der Waals surface area contributed by atoms with Crippen LogP contribution in [0.5, 0.6) is 5.75 Å². The summed E-state index contributed by atoms with van der Waals surface area (Å²) < 4.78 is 11.7. The molecule has 0 saturated carbocycles. The molecule has 0 bridgehead atoms. The van der Waals surface area contributed by atoms with E-state index in [1.165, 1.54) is 0 Å². The van der Waals surface area contributed by atoms with E-state index in [0.29, 0.717) is 35.0 Å². The Morgan fingerprint density at radius 1 is 1.07 bits per heavy atom. The second-order valence-electron chi connectivity index (χ2n) is 11.9. The molecular weight excluding hydrogens is 596 g/mol. The van der Waals surface area contributed by atoms with Gasteiger partial charge >= 0.3 is 5.97 Å². The van der Waals surface area contributed by atoms with Crippen molar-refractivity contribution in [3.05, 3.63) is 93.5 Å². The number of nitrogens with one attached hydrogen (secondary N) is 1. The van der Waals surface area contributed by atoms with Crippen molar-refractivity contribution < 1.29 is 34.1 Å². The van der Waals surface area contributed by atoms with Crippen molar-refractivity contribution >= 4 is 35.1 Å². The number of aryl methyl sites for hydroxylation is 1. The van der Waals surface area contributed by atoms with Crippen molar-refractivity contribution in [3.63, 3.8) is 0 Å². The molecule has 0 aromatic heterocycles. The third-order valence-corrected chi connectivity index (χ3v) is 7.98. The van der Waals surface area contributed by atoms with Gasteiger partial charge in [0, 0.05) is 41.4 Å². The normalized spacial score (nSPS) is 16.3. The van der Waals surface area contributed by atoms with Crippen molar-refractivity contribution in [2.45, 2.75) is 60.2 Å². The molecule has 2 amide bonds. The zero-order valence-corrected chi connectivity index (χ0v) is 26.2. The van der Waals surface area contributed by atoms with Gasteiger partial charge in [0.15, 0.2) is 6.61 Å². The Kier molecular flexibility index (Phi) is 12.2. The minimum atomic E-state index is -1.09. The lowest BCUT2D eigenvalue weighted by molar-refractivity contribution is -0.139. The van der Waals surface area contributed by atoms with Gasteiger partial charge in [0.05, 0.1) is 6.42 Å². The van der Waals surface area contributed by atoms with Gasteiger partial charge in [-0.2, -0.15) is 0 Å². The molecule has 10 heteroatoms. The van der Waals surface area contributed by atoms with Crippen LogP contribution in [0.4, 0.5) is 5.69 Å². The monoisotopic (exact) mass is 638 g/mol. The van der Waals surface area contributed by atoms with E-state index >= 15 is 0 Å². The number of carboxylic acids is 1. The van der Waals surface area contributed by atoms with Crippen LogP contribution < -0.4 is 15.0 Å². The average molecular weight is 639 g/mol. The number of benzene rings is 3. The molecule has 0 spiro atoms. The Bertz CT molecular complexity index is 1510. The molecule has 0 fully saturated rings. The van der Waals surface area contributed by atoms with Gasteiger partial charge in [-0.05, 0) is 72.9 Å². The maximum atomic E-state index is 14.1. The van der Waals surface area contributed by atoms with Gasteiger partial charge in [-0.1, -0.05) is 63.2 Å². The number of rotatable bonds is 12. The molecule has 0 unspecified atom stereocenters. The van der Waals surface area contributed by atoms with Gasteiger partial charge in [-0.15, -0.1) is 0 Å². The highest BCUT2D eigenvalue weighted by Crippen LogP contribution is 2.42. The number of carboxylic acid groups (broad SMARTS) is 1. The quantitative estimate of drug-likeness (QED) is 0.234. The van der Waals surface area contributed by atoms with Crippen LogP contribution in [-0.2, 0) is 25.5 Å². The number of hydrogen-bond donors (Lipinski definition) is 3. The van der Waals surface area contributed by atoms with E-state index in [0.717, 1.165) is 22.3 Å². The van der Waals surface area contributed by atoms with E-state index in [-0.39, 0.29) is 38.8 Å². The van der Waals surface area contributed by atoms with Crippen LogP contribution in [0.1, 0.15) is 61.6 Å². The number of ether oxygens (including phenoxy) is 2. The lowest BCUT2D eigenvalue weighted by Crippen LogP contribution is -2.46. The van der Waals surface area contributed by atoms with Crippen molar-refractivity contribution in [1.29, 1.82) is 0 Å². The maximum absolute atomic E-state index is 14.1. The van der Waals surface area contributed by atoms with Crippen molar-refractivity contribution in [2.24, 2.45) is 5.41 Å². The van der Waals surface area contributed by atoms with Gasteiger partial charge < -0.3 is 29.9 Å². The summed E-state index contributed by atoms with van der Waals surface area (Å²) in [5.74, 6) is -1.31. The maximum Gasteiger partial charge on any atom is 0.341 e. The number of aliphatic carboxylic acids is 1. The topological polar surface area (TPSA) is 125 Å². The van der Waals surface area contributed by atoms with E-state index in [9.17, 15) is 19.5 Å². The molecule has 3 N–H and O–H groups in total. The number of fused-ring (bicyclic) bond motifs is 1. The molecule has 0 aliphatic carbocycles. The summed E-state index contributed by atoms with van der Waals surface area (Å²) in [6.07, 6.45) is -1.42. The predicted octanol–water partition coefficient (Wildman–Crippen LogP) is 5.65. The molecule has 0 radical (unpaired) electrons. The third-order valence-electron chi connectivity index (χ3n) is 7.74. The molecule has 9 nitrogen and oxygen atoms in total. The SMILES string of the molecule is C.Cc1cccc([C@H]2O[C@H](CC(=O)NCCc3ccc(OCC(=O)O)cc3)C(=O)N(CC(C)(C)CO)c3ccc(Cl)cc32)c1C. The fourth-order valence-corrected chi connectivity index (χ4v) is 5.31. The molecule has 0 saturated heterocycles. The van der Waals surface area contributed by atoms with Crippen LogP contribution in [0.15, 0.2) is 60.7 Å². The molecule has 3 aromatic carbocycles. The first-order valence-corrected chi connectivity index (χ1v) is 14.9. The second-order valence-corrected chi connectivity index (χ2v) is 12.3. The summed E-state index contributed by atoms with van der Waals surface area (Å²) in [4.78, 5) is 39.6. The van der Waals surface area contributed by atoms with Crippen LogP contribution in [0, 0.1) is 19.3 Å². The number of halogens is 1. The zero-order valence-electron chi connectivity index (χ0n) is 25.4. The molecule has 242 valence electrons. The number of carbonyl (C=O) groups excluding carboxylic acids is 2. The third kappa shape index (κ3) is 9.06. The van der Waals surface area contributed by atoms with Crippen LogP contribution in [-0.4, -0.2) is 60.4 Å². The summed E-state index contributed by atoms with van der Waals surface area (Å²) >= 11 is 6.47. The summed E-state index contributed by atoms with van der Waals surface area (Å²) in [7, 11) is 0. The summed E-state index contributed by atoms with van der Waals surface area (Å²) in [5, 5.41) is 22.2. The first-order chi connectivity index (χ1) is 20.9. The number of aliphatic hydroxyl groups excluding tert-OH is 1. The lowest BCUT2D eigenvalue weighted by Gasteiger charge is -2.32. The average Bonchev–Trinajstić information content (AvgIpc) is 3.08. The van der Waals surface area contributed by atoms with Crippen LogP contribution in [0.2, 0.25) is 5.02 Å². The predicted molar refractivity (Wildman–Crippen MR) is 175 cm³/mol. The number of aliphatic hydroxyl groups is 1. The molecule has 1 heterocycles. The van der Waals surface area contributed by atoms with E-state index in [2.05, 4.69) is 5.32 Å². The minimum absolute atomic E-state index is 0. The highest BCUT2D eigenvalue weighted by molar-refractivity contribution is 6.30. The first kappa shape index (κ1) is 35.6. The van der Waals surface area contributed by atoms with Gasteiger partial charge in [0.25, 0.3) is 5.91 Å². The smallest absolute Gasteiger partial charge is 0.341 e. The molecule has 1 aliphatic rings. The number of amides is 2. The first-order valence-electron chi connectivity index (χ1n) is 14.5. The molecule has 3 aromatic rings. The van der Waals surface area contributed by atoms with Crippen molar-refractivity contribution in [3.8, 4) is 5.75 Å². The summed E-state index contributed by atoms with van der Waals surface area (Å²) in [6.45, 7) is 7.73. The van der Waals surface area contributed by atoms with Crippen LogP contribution in [0.25, 0.3) is 0 Å². The fourth-order valence-electron chi connectivity index (χ4n) is 5.13. The summed E-state index contributed by atoms with van der Waals surface area (Å²) in [5.41, 5.74) is 4.62. The van der Waals surface area contributed by atoms with Crippen molar-refractivity contribution in [2.75, 3.05) is 31.2 Å². The van der Waals surface area contributed by atoms with Crippen LogP contribution in [0.3, 0.4) is 0 Å². The fraction of sp³-hybridized carbons (Fsp3) is 0.400. The van der Waals surface area contributed by atoms with E-state index in [4.69, 9.17) is 26.2 Å². The Labute approximate surface area is 270 Å². The Morgan fingerprint density at radius 3 is 2.44 bits per heavy atom. The standard InChI is InChI=1S/C34H39ClN2O7.CH4/c1-21-6-5-7-26(22(21)2)32-27-16-24(35)10-13-28(27)37(19-34(3,4)20-38)33(42)29(44-32)17-30(39)36-15-14-23-8-11-25(12-9-23)43-18-31(40)41;/h5-13,16,29,32,38H,14-15,17-20H2,1-4H3,(H,36,39)(H,40,41);1H4/t29-,32-;/m1./s1. The molecular formula is C35H43ClN2O7. The Hall–Kier alpha value is -3.92. The number of nitrogens with zero attached hydrogens (tertiary/aromatic N) is 1. The molecule has 2 atom stereocenters. The highest BCUT2D eigenvalue weighted by Gasteiger charge is 2.40. The number of anilines is 1. The second kappa shape index (κ2) is 15.4. The van der Waals surface area contributed by atoms with Crippen LogP contribution >= 0.6 is 11.6 Å². The number of carbonyl (C=O) groups is 3. The minimum Gasteiger partial charge on any atom is -0.482 e. The van der Waals surface area contributed by atoms with E-state index in [1.54, 1.807) is 47.4 Å². The van der Waals surface area contributed by atoms with Gasteiger partial charge in [0.2, 0.25) is 5.91 Å². The molecule has 45 heavy (non-hydrogen) atoms. The number of hydrogen-bond acceptors (Lipinski definition) is 6. The summed E-state index contributed by atoms with van der Waals surface area (Å²) in [6, 6.07) is 18.2. The highest BCUT2D eigenvalue weighted by atomic mass is 35.5. The Balaban J connectivity index is 0.00000552. The Morgan fingerprint density at radius 2 is 1.78 bits per heavy atom. The lowest BCUT2D eigenvalue weighted by atomic mass is 9.91. The molecule has 1 aliphatic heterocycles. The van der Waals surface area contributed by atoms with E-state index < -0.39 is 30.2 Å². The molecule has 4 rings (SSSR count). The van der Waals surface area contributed by atoms with Crippen molar-refractivity contribution in [1.82, 2.24) is 5.32 Å². The van der Waals surface area contributed by atoms with Gasteiger partial charge in [-0.3, -0.25) is 9.59 Å². The largest absolute Gasteiger partial charge is 0.482 e.